The minimum Gasteiger partial charge on any atom is -0.386 e. The molecule has 1 aliphatic rings. The molecule has 0 atom stereocenters. The number of aryl methyl sites for hydroxylation is 1. The second-order valence-electron chi connectivity index (χ2n) is 4.79. The summed E-state index contributed by atoms with van der Waals surface area (Å²) in [6.45, 7) is 4.95. The van der Waals surface area contributed by atoms with Crippen molar-refractivity contribution in [1.82, 2.24) is 4.90 Å². The number of hydrogen-bond donors (Lipinski definition) is 1. The third-order valence-corrected chi connectivity index (χ3v) is 3.52. The number of benzene rings is 1. The summed E-state index contributed by atoms with van der Waals surface area (Å²) < 4.78 is 0. The van der Waals surface area contributed by atoms with E-state index >= 15 is 0 Å². The molecule has 0 saturated carbocycles. The van der Waals surface area contributed by atoms with Gasteiger partial charge in [-0.3, -0.25) is 4.79 Å². The molecular weight excluding hydrogens is 214 g/mol. The lowest BCUT2D eigenvalue weighted by Crippen LogP contribution is -2.63. The van der Waals surface area contributed by atoms with Gasteiger partial charge in [-0.2, -0.15) is 0 Å². The molecule has 1 saturated heterocycles. The first-order valence-corrected chi connectivity index (χ1v) is 6.18. The van der Waals surface area contributed by atoms with Crippen LogP contribution in [0.4, 0.5) is 0 Å². The zero-order chi connectivity index (χ0) is 12.5. The Morgan fingerprint density at radius 1 is 1.29 bits per heavy atom. The normalized spacial score (nSPS) is 17.7. The van der Waals surface area contributed by atoms with Crippen molar-refractivity contribution in [2.75, 3.05) is 13.1 Å². The van der Waals surface area contributed by atoms with Gasteiger partial charge in [0, 0.05) is 5.56 Å². The minimum absolute atomic E-state index is 0.0192. The molecule has 0 aliphatic carbocycles. The molecule has 1 heterocycles. The van der Waals surface area contributed by atoms with Crippen LogP contribution in [0.2, 0.25) is 0 Å². The highest BCUT2D eigenvalue weighted by molar-refractivity contribution is 5.95. The van der Waals surface area contributed by atoms with E-state index in [0.717, 1.165) is 6.42 Å². The van der Waals surface area contributed by atoms with Crippen LogP contribution in [0.25, 0.3) is 0 Å². The summed E-state index contributed by atoms with van der Waals surface area (Å²) in [5.74, 6) is 0.0192. The molecule has 1 aromatic carbocycles. The molecule has 92 valence electrons. The van der Waals surface area contributed by atoms with E-state index < -0.39 is 5.60 Å². The number of likely N-dealkylation sites (tertiary alicyclic amines) is 1. The van der Waals surface area contributed by atoms with E-state index in [2.05, 4.69) is 6.92 Å². The molecule has 0 radical (unpaired) electrons. The number of aliphatic hydroxyl groups is 1. The van der Waals surface area contributed by atoms with Gasteiger partial charge in [0.15, 0.2) is 0 Å². The zero-order valence-electron chi connectivity index (χ0n) is 10.4. The number of carbonyl (C=O) groups is 1. The fraction of sp³-hybridized carbons (Fsp3) is 0.500. The van der Waals surface area contributed by atoms with Gasteiger partial charge in [0.25, 0.3) is 5.91 Å². The molecule has 17 heavy (non-hydrogen) atoms. The van der Waals surface area contributed by atoms with Gasteiger partial charge in [0.1, 0.15) is 0 Å². The average Bonchev–Trinajstić information content (AvgIpc) is 2.34. The second kappa shape index (κ2) is 4.49. The lowest BCUT2D eigenvalue weighted by Gasteiger charge is -2.46. The molecule has 1 N–H and O–H groups in total. The molecule has 1 fully saturated rings. The lowest BCUT2D eigenvalue weighted by molar-refractivity contribution is -0.0826. The van der Waals surface area contributed by atoms with Crippen molar-refractivity contribution in [1.29, 1.82) is 0 Å². The second-order valence-corrected chi connectivity index (χ2v) is 4.79. The molecule has 1 aromatic rings. The van der Waals surface area contributed by atoms with Crippen molar-refractivity contribution in [2.24, 2.45) is 0 Å². The van der Waals surface area contributed by atoms with Crippen molar-refractivity contribution < 1.29 is 9.90 Å². The highest BCUT2D eigenvalue weighted by Crippen LogP contribution is 2.25. The van der Waals surface area contributed by atoms with E-state index in [-0.39, 0.29) is 5.91 Å². The first-order valence-electron chi connectivity index (χ1n) is 6.18. The number of amides is 1. The summed E-state index contributed by atoms with van der Waals surface area (Å²) in [5, 5.41) is 9.87. The largest absolute Gasteiger partial charge is 0.386 e. The van der Waals surface area contributed by atoms with Gasteiger partial charge in [-0.15, -0.1) is 0 Å². The number of nitrogens with zero attached hydrogens (tertiary/aromatic N) is 1. The molecule has 0 unspecified atom stereocenters. The number of rotatable bonds is 3. The Bertz CT molecular complexity index is 405. The lowest BCUT2D eigenvalue weighted by atomic mass is 9.90. The molecule has 0 spiro atoms. The van der Waals surface area contributed by atoms with E-state index in [0.29, 0.717) is 25.1 Å². The van der Waals surface area contributed by atoms with Crippen molar-refractivity contribution in [3.05, 3.63) is 35.4 Å². The maximum absolute atomic E-state index is 12.0. The van der Waals surface area contributed by atoms with Crippen LogP contribution in [0.5, 0.6) is 0 Å². The minimum atomic E-state index is -0.654. The van der Waals surface area contributed by atoms with Crippen LogP contribution in [0.1, 0.15) is 36.2 Å². The summed E-state index contributed by atoms with van der Waals surface area (Å²) in [6.07, 6.45) is 1.68. The van der Waals surface area contributed by atoms with Gasteiger partial charge in [-0.05, 0) is 30.5 Å². The Labute approximate surface area is 102 Å². The quantitative estimate of drug-likeness (QED) is 0.865. The molecular formula is C14H19NO2. The SMILES string of the molecule is CCc1ccc(C(=O)N2CC(O)(CC)C2)cc1. The smallest absolute Gasteiger partial charge is 0.254 e. The van der Waals surface area contributed by atoms with Crippen LogP contribution < -0.4 is 0 Å². The fourth-order valence-electron chi connectivity index (χ4n) is 2.10. The average molecular weight is 233 g/mol. The summed E-state index contributed by atoms with van der Waals surface area (Å²) in [4.78, 5) is 13.7. The van der Waals surface area contributed by atoms with Crippen LogP contribution in [0, 0.1) is 0 Å². The van der Waals surface area contributed by atoms with Gasteiger partial charge in [0.05, 0.1) is 18.7 Å². The van der Waals surface area contributed by atoms with Crippen LogP contribution in [0.3, 0.4) is 0 Å². The Kier molecular flexibility index (Phi) is 3.20. The highest BCUT2D eigenvalue weighted by atomic mass is 16.3. The molecule has 1 aliphatic heterocycles. The first kappa shape index (κ1) is 12.1. The number of carbonyl (C=O) groups excluding carboxylic acids is 1. The van der Waals surface area contributed by atoms with Gasteiger partial charge in [0.2, 0.25) is 0 Å². The van der Waals surface area contributed by atoms with Crippen LogP contribution in [-0.2, 0) is 6.42 Å². The maximum Gasteiger partial charge on any atom is 0.254 e. The van der Waals surface area contributed by atoms with Crippen molar-refractivity contribution in [2.45, 2.75) is 32.3 Å². The van der Waals surface area contributed by atoms with E-state index in [1.54, 1.807) is 4.90 Å². The van der Waals surface area contributed by atoms with E-state index in [9.17, 15) is 9.90 Å². The molecule has 3 nitrogen and oxygen atoms in total. The van der Waals surface area contributed by atoms with E-state index in [1.165, 1.54) is 5.56 Å². The number of β-amino-alcohol motifs (C(OH)–C–C–N with tert-alkyl or cyclic N) is 1. The van der Waals surface area contributed by atoms with E-state index in [1.807, 2.05) is 31.2 Å². The number of hydrogen-bond acceptors (Lipinski definition) is 2. The Balaban J connectivity index is 2.01. The molecule has 0 aromatic heterocycles. The van der Waals surface area contributed by atoms with Crippen LogP contribution in [-0.4, -0.2) is 34.6 Å². The predicted octanol–water partition coefficient (Wildman–Crippen LogP) is 1.85. The summed E-state index contributed by atoms with van der Waals surface area (Å²) >= 11 is 0. The third-order valence-electron chi connectivity index (χ3n) is 3.52. The van der Waals surface area contributed by atoms with Gasteiger partial charge < -0.3 is 10.0 Å². The Morgan fingerprint density at radius 3 is 2.35 bits per heavy atom. The standard InChI is InChI=1S/C14H19NO2/c1-3-11-5-7-12(8-6-11)13(16)15-9-14(17,4-2)10-15/h5-8,17H,3-4,9-10H2,1-2H3. The van der Waals surface area contributed by atoms with Gasteiger partial charge in [-0.25, -0.2) is 0 Å². The van der Waals surface area contributed by atoms with Crippen LogP contribution in [0.15, 0.2) is 24.3 Å². The summed E-state index contributed by atoms with van der Waals surface area (Å²) in [7, 11) is 0. The Hall–Kier alpha value is -1.35. The van der Waals surface area contributed by atoms with Crippen molar-refractivity contribution in [3.8, 4) is 0 Å². The molecule has 0 bridgehead atoms. The summed E-state index contributed by atoms with van der Waals surface area (Å²) in [6, 6.07) is 7.70. The molecule has 3 heteroatoms. The highest BCUT2D eigenvalue weighted by Gasteiger charge is 2.42. The zero-order valence-corrected chi connectivity index (χ0v) is 10.4. The van der Waals surface area contributed by atoms with Crippen molar-refractivity contribution >= 4 is 5.91 Å². The maximum atomic E-state index is 12.0. The van der Waals surface area contributed by atoms with Gasteiger partial charge in [-0.1, -0.05) is 26.0 Å². The fourth-order valence-corrected chi connectivity index (χ4v) is 2.10. The molecule has 1 amide bonds. The predicted molar refractivity (Wildman–Crippen MR) is 67.0 cm³/mol. The topological polar surface area (TPSA) is 40.5 Å². The van der Waals surface area contributed by atoms with E-state index in [4.69, 9.17) is 0 Å². The molecule has 2 rings (SSSR count). The van der Waals surface area contributed by atoms with Crippen molar-refractivity contribution in [3.63, 3.8) is 0 Å². The first-order chi connectivity index (χ1) is 8.08. The third kappa shape index (κ3) is 2.34. The monoisotopic (exact) mass is 233 g/mol. The van der Waals surface area contributed by atoms with Gasteiger partial charge >= 0.3 is 0 Å². The Morgan fingerprint density at radius 2 is 1.88 bits per heavy atom. The van der Waals surface area contributed by atoms with Crippen LogP contribution >= 0.6 is 0 Å². The summed E-state index contributed by atoms with van der Waals surface area (Å²) in [5.41, 5.74) is 1.29.